The van der Waals surface area contributed by atoms with E-state index in [2.05, 4.69) is 54.5 Å². The summed E-state index contributed by atoms with van der Waals surface area (Å²) in [5, 5.41) is 1.13. The molecule has 0 bridgehead atoms. The summed E-state index contributed by atoms with van der Waals surface area (Å²) < 4.78 is 2.67. The second-order valence-electron chi connectivity index (χ2n) is 1.78. The molecule has 0 fully saturated rings. The zero-order valence-corrected chi connectivity index (χ0v) is 11.8. The zero-order valence-electron chi connectivity index (χ0n) is 4.97. The number of halogens is 5. The fraction of sp³-hybridized carbons (Fsp3) is 0. The normalized spacial score (nSPS) is 10.3. The van der Waals surface area contributed by atoms with Gasteiger partial charge in [-0.05, 0) is 60.5 Å². The van der Waals surface area contributed by atoms with Gasteiger partial charge >= 0.3 is 0 Å². The van der Waals surface area contributed by atoms with Gasteiger partial charge in [0.15, 0.2) is 0 Å². The first-order valence-electron chi connectivity index (χ1n) is 2.52. The van der Waals surface area contributed by atoms with Crippen LogP contribution in [0.4, 0.5) is 0 Å². The maximum atomic E-state index is 5.89. The highest BCUT2D eigenvalue weighted by molar-refractivity contribution is 14.1. The summed E-state index contributed by atoms with van der Waals surface area (Å²) in [5.41, 5.74) is 0. The van der Waals surface area contributed by atoms with Crippen molar-refractivity contribution in [2.24, 2.45) is 0 Å². The van der Waals surface area contributed by atoms with Crippen molar-refractivity contribution in [1.82, 2.24) is 0 Å². The van der Waals surface area contributed by atoms with Gasteiger partial charge in [0.2, 0.25) is 0 Å². The van der Waals surface area contributed by atoms with Crippen LogP contribution >= 0.6 is 77.7 Å². The SMILES string of the molecule is Clc1c(Br)cc(Br)c(I)c1Cl. The van der Waals surface area contributed by atoms with Gasteiger partial charge in [0.05, 0.1) is 10.0 Å². The summed E-state index contributed by atoms with van der Waals surface area (Å²) >= 11 is 20.5. The van der Waals surface area contributed by atoms with Crippen LogP contribution in [0.5, 0.6) is 0 Å². The van der Waals surface area contributed by atoms with Crippen molar-refractivity contribution in [3.63, 3.8) is 0 Å². The van der Waals surface area contributed by atoms with Crippen molar-refractivity contribution in [2.75, 3.05) is 0 Å². The second kappa shape index (κ2) is 4.13. The third-order valence-electron chi connectivity index (χ3n) is 1.06. The maximum Gasteiger partial charge on any atom is 0.0748 e. The van der Waals surface area contributed by atoms with Crippen molar-refractivity contribution in [3.05, 3.63) is 28.6 Å². The molecule has 0 aliphatic carbocycles. The average Bonchev–Trinajstić information content (AvgIpc) is 1.97. The fourth-order valence-corrected chi connectivity index (χ4v) is 2.87. The van der Waals surface area contributed by atoms with E-state index < -0.39 is 0 Å². The Morgan fingerprint density at radius 2 is 1.64 bits per heavy atom. The summed E-state index contributed by atoms with van der Waals surface area (Å²) in [4.78, 5) is 0. The van der Waals surface area contributed by atoms with Crippen molar-refractivity contribution < 1.29 is 0 Å². The molecule has 0 aliphatic rings. The Morgan fingerprint density at radius 1 is 1.09 bits per heavy atom. The van der Waals surface area contributed by atoms with Crippen LogP contribution in [-0.2, 0) is 0 Å². The lowest BCUT2D eigenvalue weighted by molar-refractivity contribution is 1.54. The molecule has 0 spiro atoms. The maximum absolute atomic E-state index is 5.89. The highest BCUT2D eigenvalue weighted by atomic mass is 127. The second-order valence-corrected chi connectivity index (χ2v) is 5.33. The van der Waals surface area contributed by atoms with E-state index in [1.807, 2.05) is 6.07 Å². The van der Waals surface area contributed by atoms with E-state index in [0.717, 1.165) is 12.5 Å². The van der Waals surface area contributed by atoms with Gasteiger partial charge in [0.25, 0.3) is 0 Å². The molecule has 60 valence electrons. The van der Waals surface area contributed by atoms with Crippen molar-refractivity contribution in [1.29, 1.82) is 0 Å². The van der Waals surface area contributed by atoms with Crippen molar-refractivity contribution in [3.8, 4) is 0 Å². The molecule has 5 heteroatoms. The molecule has 0 nitrogen and oxygen atoms in total. The number of hydrogen-bond donors (Lipinski definition) is 0. The van der Waals surface area contributed by atoms with Gasteiger partial charge < -0.3 is 0 Å². The molecule has 0 heterocycles. The lowest BCUT2D eigenvalue weighted by Gasteiger charge is -2.03. The van der Waals surface area contributed by atoms with Gasteiger partial charge in [-0.15, -0.1) is 0 Å². The Kier molecular flexibility index (Phi) is 3.97. The molecule has 1 aromatic carbocycles. The molecule has 1 rings (SSSR count). The van der Waals surface area contributed by atoms with Crippen LogP contribution in [0.2, 0.25) is 10.0 Å². The Balaban J connectivity index is 3.46. The van der Waals surface area contributed by atoms with E-state index in [1.54, 1.807) is 0 Å². The van der Waals surface area contributed by atoms with E-state index in [0.29, 0.717) is 10.0 Å². The Morgan fingerprint density at radius 3 is 2.18 bits per heavy atom. The van der Waals surface area contributed by atoms with Crippen LogP contribution in [0.1, 0.15) is 0 Å². The number of hydrogen-bond acceptors (Lipinski definition) is 0. The summed E-state index contributed by atoms with van der Waals surface area (Å²) in [7, 11) is 0. The van der Waals surface area contributed by atoms with Gasteiger partial charge in [-0.1, -0.05) is 23.2 Å². The lowest BCUT2D eigenvalue weighted by atomic mass is 10.4. The topological polar surface area (TPSA) is 0 Å². The summed E-state index contributed by atoms with van der Waals surface area (Å²) in [6.45, 7) is 0. The predicted molar refractivity (Wildman–Crippen MR) is 64.6 cm³/mol. The smallest absolute Gasteiger partial charge is 0.0748 e. The van der Waals surface area contributed by atoms with Gasteiger partial charge in [0.1, 0.15) is 0 Å². The Hall–Kier alpha value is 1.49. The molecule has 0 saturated carbocycles. The molecule has 0 saturated heterocycles. The number of rotatable bonds is 0. The molecule has 0 aliphatic heterocycles. The van der Waals surface area contributed by atoms with Gasteiger partial charge in [-0.25, -0.2) is 0 Å². The fourth-order valence-electron chi connectivity index (χ4n) is 0.544. The van der Waals surface area contributed by atoms with Crippen LogP contribution < -0.4 is 0 Å². The summed E-state index contributed by atoms with van der Waals surface area (Å²) in [6.07, 6.45) is 0. The van der Waals surface area contributed by atoms with E-state index in [1.165, 1.54) is 0 Å². The summed E-state index contributed by atoms with van der Waals surface area (Å²) in [6, 6.07) is 1.87. The lowest BCUT2D eigenvalue weighted by Crippen LogP contribution is -1.80. The van der Waals surface area contributed by atoms with Gasteiger partial charge in [-0.2, -0.15) is 0 Å². The average molecular weight is 431 g/mol. The highest BCUT2D eigenvalue weighted by Gasteiger charge is 2.09. The molecule has 0 amide bonds. The third-order valence-corrected chi connectivity index (χ3v) is 5.59. The predicted octanol–water partition coefficient (Wildman–Crippen LogP) is 5.12. The third kappa shape index (κ3) is 2.24. The number of benzene rings is 1. The molecular weight excluding hydrogens is 430 g/mol. The highest BCUT2D eigenvalue weighted by Crippen LogP contribution is 2.38. The minimum Gasteiger partial charge on any atom is -0.0815 e. The Bertz CT molecular complexity index is 275. The Labute approximate surface area is 105 Å². The molecule has 11 heavy (non-hydrogen) atoms. The van der Waals surface area contributed by atoms with E-state index >= 15 is 0 Å². The minimum atomic E-state index is 0.555. The van der Waals surface area contributed by atoms with Crippen LogP contribution in [-0.4, -0.2) is 0 Å². The van der Waals surface area contributed by atoms with Gasteiger partial charge in [-0.3, -0.25) is 0 Å². The van der Waals surface area contributed by atoms with Crippen molar-refractivity contribution in [2.45, 2.75) is 0 Å². The van der Waals surface area contributed by atoms with Crippen LogP contribution in [0.25, 0.3) is 0 Å². The summed E-state index contributed by atoms with van der Waals surface area (Å²) in [5.74, 6) is 0. The van der Waals surface area contributed by atoms with Gasteiger partial charge in [0, 0.05) is 12.5 Å². The molecule has 0 unspecified atom stereocenters. The van der Waals surface area contributed by atoms with Crippen LogP contribution in [0.3, 0.4) is 0 Å². The molecule has 0 N–H and O–H groups in total. The first kappa shape index (κ1) is 10.6. The molecule has 1 aromatic rings. The zero-order chi connectivity index (χ0) is 8.59. The molecule has 0 aromatic heterocycles. The molecule has 0 atom stereocenters. The van der Waals surface area contributed by atoms with Crippen LogP contribution in [0.15, 0.2) is 15.0 Å². The first-order chi connectivity index (χ1) is 5.04. The molecular formula is C6HBr2Cl2I. The quantitative estimate of drug-likeness (QED) is 0.304. The monoisotopic (exact) mass is 428 g/mol. The van der Waals surface area contributed by atoms with Crippen LogP contribution in [0, 0.1) is 3.57 Å². The first-order valence-corrected chi connectivity index (χ1v) is 5.94. The van der Waals surface area contributed by atoms with E-state index in [-0.39, 0.29) is 0 Å². The molecule has 0 radical (unpaired) electrons. The standard InChI is InChI=1S/C6HBr2Cl2I/c7-2-1-3(8)6(11)5(10)4(2)9/h1H. The van der Waals surface area contributed by atoms with Crippen molar-refractivity contribution >= 4 is 77.7 Å². The largest absolute Gasteiger partial charge is 0.0815 e. The van der Waals surface area contributed by atoms with E-state index in [9.17, 15) is 0 Å². The van der Waals surface area contributed by atoms with E-state index in [4.69, 9.17) is 23.2 Å². The minimum absolute atomic E-state index is 0.555.